The van der Waals surface area contributed by atoms with Crippen molar-refractivity contribution >= 4 is 23.3 Å². The number of hydrogen-bond acceptors (Lipinski definition) is 2. The summed E-state index contributed by atoms with van der Waals surface area (Å²) < 4.78 is 42.5. The van der Waals surface area contributed by atoms with Gasteiger partial charge < -0.3 is 15.3 Å². The second-order valence-corrected chi connectivity index (χ2v) is 5.76. The van der Waals surface area contributed by atoms with Gasteiger partial charge in [-0.3, -0.25) is 4.79 Å². The predicted octanol–water partition coefficient (Wildman–Crippen LogP) is 3.47. The van der Waals surface area contributed by atoms with E-state index in [0.717, 1.165) is 4.90 Å². The zero-order valence-electron chi connectivity index (χ0n) is 13.2. The van der Waals surface area contributed by atoms with Gasteiger partial charge in [0.25, 0.3) is 0 Å². The Bertz CT molecular complexity index is 717. The van der Waals surface area contributed by atoms with E-state index in [1.54, 1.807) is 13.8 Å². The maximum Gasteiger partial charge on any atom is 0.407 e. The van der Waals surface area contributed by atoms with Gasteiger partial charge in [0.15, 0.2) is 11.6 Å². The Kier molecular flexibility index (Phi) is 5.16. The molecule has 2 rings (SSSR count). The van der Waals surface area contributed by atoms with Crippen LogP contribution in [-0.4, -0.2) is 35.1 Å². The van der Waals surface area contributed by atoms with Gasteiger partial charge in [-0.25, -0.2) is 18.0 Å². The van der Waals surface area contributed by atoms with Crippen molar-refractivity contribution in [2.45, 2.75) is 20.3 Å². The van der Waals surface area contributed by atoms with E-state index < -0.39 is 46.6 Å². The summed E-state index contributed by atoms with van der Waals surface area (Å²) in [6.07, 6.45) is 0.337. The Morgan fingerprint density at radius 1 is 1.25 bits per heavy atom. The highest BCUT2D eigenvalue weighted by Gasteiger charge is 2.26. The minimum Gasteiger partial charge on any atom is -0.465 e. The fourth-order valence-electron chi connectivity index (χ4n) is 2.34. The van der Waals surface area contributed by atoms with Gasteiger partial charge in [0.1, 0.15) is 11.5 Å². The number of nitrogens with zero attached hydrogens (tertiary/aromatic N) is 1. The van der Waals surface area contributed by atoms with Crippen molar-refractivity contribution in [2.75, 3.05) is 18.4 Å². The van der Waals surface area contributed by atoms with Gasteiger partial charge >= 0.3 is 6.09 Å². The molecule has 2 amide bonds. The largest absolute Gasteiger partial charge is 0.465 e. The van der Waals surface area contributed by atoms with Gasteiger partial charge in [-0.05, 0) is 12.0 Å². The van der Waals surface area contributed by atoms with E-state index in [-0.39, 0.29) is 25.1 Å². The fraction of sp³-hybridized carbons (Fsp3) is 0.375. The van der Waals surface area contributed by atoms with Crippen LogP contribution in [0.4, 0.5) is 23.7 Å². The molecule has 1 aromatic carbocycles. The molecule has 0 spiro atoms. The second-order valence-electron chi connectivity index (χ2n) is 5.76. The van der Waals surface area contributed by atoms with Gasteiger partial charge in [-0.1, -0.05) is 19.9 Å². The highest BCUT2D eigenvalue weighted by atomic mass is 19.1. The van der Waals surface area contributed by atoms with Crippen LogP contribution in [0.3, 0.4) is 0 Å². The Hall–Kier alpha value is -2.51. The third-order valence-electron chi connectivity index (χ3n) is 3.74. The minimum absolute atomic E-state index is 0.0192. The first-order valence-electron chi connectivity index (χ1n) is 7.38. The quantitative estimate of drug-likeness (QED) is 0.884. The summed E-state index contributed by atoms with van der Waals surface area (Å²) in [5.41, 5.74) is -0.908. The summed E-state index contributed by atoms with van der Waals surface area (Å²) in [4.78, 5) is 23.6. The number of rotatable bonds is 3. The van der Waals surface area contributed by atoms with Gasteiger partial charge in [-0.2, -0.15) is 0 Å². The van der Waals surface area contributed by atoms with Gasteiger partial charge in [-0.15, -0.1) is 0 Å². The number of carboxylic acid groups (broad SMARTS) is 1. The van der Waals surface area contributed by atoms with Crippen LogP contribution >= 0.6 is 0 Å². The lowest BCUT2D eigenvalue weighted by atomic mass is 9.97. The summed E-state index contributed by atoms with van der Waals surface area (Å²) in [5, 5.41) is 11.0. The Morgan fingerprint density at radius 2 is 1.92 bits per heavy atom. The molecule has 0 atom stereocenters. The highest BCUT2D eigenvalue weighted by molar-refractivity contribution is 5.93. The van der Waals surface area contributed by atoms with Crippen molar-refractivity contribution < 1.29 is 27.9 Å². The standard InChI is InChI=1S/C16H17F3N2O3/c1-8(2)15(22)20-14-11(18)7-10(17)12(13(14)19)9-3-5-21(6-4-9)16(23)24/h3,7-8H,4-6H2,1-2H3,(H,20,22)(H,23,24). The normalized spacial score (nSPS) is 14.6. The van der Waals surface area contributed by atoms with Crippen LogP contribution in [-0.2, 0) is 4.79 Å². The molecule has 0 unspecified atom stereocenters. The average molecular weight is 342 g/mol. The summed E-state index contributed by atoms with van der Waals surface area (Å²) in [7, 11) is 0. The number of anilines is 1. The van der Waals surface area contributed by atoms with Crippen molar-refractivity contribution in [3.05, 3.63) is 35.2 Å². The van der Waals surface area contributed by atoms with Gasteiger partial charge in [0.05, 0.1) is 5.56 Å². The molecule has 0 saturated heterocycles. The second kappa shape index (κ2) is 6.94. The van der Waals surface area contributed by atoms with Gasteiger partial charge in [0, 0.05) is 25.1 Å². The molecule has 8 heteroatoms. The van der Waals surface area contributed by atoms with E-state index in [1.165, 1.54) is 6.08 Å². The molecule has 0 radical (unpaired) electrons. The number of nitrogens with one attached hydrogen (secondary N) is 1. The molecular formula is C16H17F3N2O3. The van der Waals surface area contributed by atoms with Crippen LogP contribution in [0.25, 0.3) is 5.57 Å². The fourth-order valence-corrected chi connectivity index (χ4v) is 2.34. The van der Waals surface area contributed by atoms with Crippen molar-refractivity contribution in [2.24, 2.45) is 5.92 Å². The lowest BCUT2D eigenvalue weighted by Gasteiger charge is -2.24. The molecule has 24 heavy (non-hydrogen) atoms. The maximum atomic E-state index is 14.6. The first kappa shape index (κ1) is 17.8. The Morgan fingerprint density at radius 3 is 2.42 bits per heavy atom. The molecule has 0 fully saturated rings. The minimum atomic E-state index is -1.20. The topological polar surface area (TPSA) is 69.6 Å². The third kappa shape index (κ3) is 3.52. The van der Waals surface area contributed by atoms with E-state index in [1.807, 2.05) is 0 Å². The van der Waals surface area contributed by atoms with Crippen LogP contribution in [0.2, 0.25) is 0 Å². The van der Waals surface area contributed by atoms with Crippen molar-refractivity contribution in [3.8, 4) is 0 Å². The van der Waals surface area contributed by atoms with E-state index >= 15 is 0 Å². The Balaban J connectivity index is 2.41. The lowest BCUT2D eigenvalue weighted by molar-refractivity contribution is -0.118. The molecule has 1 aromatic rings. The summed E-state index contributed by atoms with van der Waals surface area (Å²) in [6.45, 7) is 3.17. The molecule has 130 valence electrons. The molecule has 0 saturated carbocycles. The molecule has 0 aromatic heterocycles. The van der Waals surface area contributed by atoms with Crippen LogP contribution in [0.5, 0.6) is 0 Å². The zero-order chi connectivity index (χ0) is 18.0. The predicted molar refractivity (Wildman–Crippen MR) is 82.0 cm³/mol. The number of hydrogen-bond donors (Lipinski definition) is 2. The molecule has 1 heterocycles. The van der Waals surface area contributed by atoms with E-state index in [9.17, 15) is 22.8 Å². The molecular weight excluding hydrogens is 325 g/mol. The van der Waals surface area contributed by atoms with Crippen LogP contribution < -0.4 is 5.32 Å². The van der Waals surface area contributed by atoms with Crippen molar-refractivity contribution in [1.82, 2.24) is 4.90 Å². The van der Waals surface area contributed by atoms with Crippen LogP contribution in [0.15, 0.2) is 12.1 Å². The number of amides is 2. The van der Waals surface area contributed by atoms with E-state index in [0.29, 0.717) is 6.07 Å². The molecule has 0 bridgehead atoms. The van der Waals surface area contributed by atoms with E-state index in [4.69, 9.17) is 5.11 Å². The molecule has 1 aliphatic rings. The third-order valence-corrected chi connectivity index (χ3v) is 3.74. The van der Waals surface area contributed by atoms with Crippen molar-refractivity contribution in [3.63, 3.8) is 0 Å². The molecule has 2 N–H and O–H groups in total. The molecule has 0 aliphatic carbocycles. The highest BCUT2D eigenvalue weighted by Crippen LogP contribution is 2.33. The summed E-state index contributed by atoms with van der Waals surface area (Å²) >= 11 is 0. The van der Waals surface area contributed by atoms with Crippen LogP contribution in [0.1, 0.15) is 25.8 Å². The maximum absolute atomic E-state index is 14.6. The zero-order valence-corrected chi connectivity index (χ0v) is 13.2. The number of benzene rings is 1. The van der Waals surface area contributed by atoms with Crippen LogP contribution in [0, 0.1) is 23.4 Å². The molecule has 5 nitrogen and oxygen atoms in total. The van der Waals surface area contributed by atoms with Gasteiger partial charge in [0.2, 0.25) is 5.91 Å². The SMILES string of the molecule is CC(C)C(=O)Nc1c(F)cc(F)c(C2=CCN(C(=O)O)CC2)c1F. The smallest absolute Gasteiger partial charge is 0.407 e. The summed E-state index contributed by atoms with van der Waals surface area (Å²) in [6, 6.07) is 0.513. The number of halogens is 3. The lowest BCUT2D eigenvalue weighted by Crippen LogP contribution is -2.33. The van der Waals surface area contributed by atoms with E-state index in [2.05, 4.69) is 5.32 Å². The first-order valence-corrected chi connectivity index (χ1v) is 7.38. The van der Waals surface area contributed by atoms with Crippen molar-refractivity contribution in [1.29, 1.82) is 0 Å². The number of carbonyl (C=O) groups is 2. The first-order chi connectivity index (χ1) is 11.2. The number of carbonyl (C=O) groups excluding carboxylic acids is 1. The summed E-state index contributed by atoms with van der Waals surface area (Å²) in [5.74, 6) is -4.60. The monoisotopic (exact) mass is 342 g/mol. The Labute approximate surface area is 136 Å². The molecule has 1 aliphatic heterocycles. The average Bonchev–Trinajstić information content (AvgIpc) is 2.51.